The van der Waals surface area contributed by atoms with Gasteiger partial charge >= 0.3 is 0 Å². The maximum Gasteiger partial charge on any atom is 0.191 e. The van der Waals surface area contributed by atoms with Gasteiger partial charge in [0, 0.05) is 33.9 Å². The highest BCUT2D eigenvalue weighted by Gasteiger charge is 2.00. The van der Waals surface area contributed by atoms with E-state index in [1.54, 1.807) is 14.2 Å². The van der Waals surface area contributed by atoms with Crippen LogP contribution >= 0.6 is 24.0 Å². The minimum Gasteiger partial charge on any atom is -0.457 e. The van der Waals surface area contributed by atoms with Crippen molar-refractivity contribution in [1.82, 2.24) is 10.6 Å². The Morgan fingerprint density at radius 1 is 0.960 bits per heavy atom. The summed E-state index contributed by atoms with van der Waals surface area (Å²) in [6.45, 7) is 2.28. The van der Waals surface area contributed by atoms with Gasteiger partial charge in [-0.2, -0.15) is 0 Å². The first-order chi connectivity index (χ1) is 11.8. The van der Waals surface area contributed by atoms with Gasteiger partial charge in [0.2, 0.25) is 0 Å². The molecule has 6 heteroatoms. The molecule has 0 spiro atoms. The lowest BCUT2D eigenvalue weighted by molar-refractivity contribution is 0.195. The number of nitrogens with zero attached hydrogens (tertiary/aromatic N) is 1. The monoisotopic (exact) mass is 455 g/mol. The molecule has 0 saturated heterocycles. The summed E-state index contributed by atoms with van der Waals surface area (Å²) in [5.74, 6) is 2.45. The third-order valence-electron chi connectivity index (χ3n) is 3.40. The molecular weight excluding hydrogens is 429 g/mol. The zero-order chi connectivity index (χ0) is 17.0. The zero-order valence-corrected chi connectivity index (χ0v) is 17.0. The average molecular weight is 455 g/mol. The molecule has 0 amide bonds. The number of para-hydroxylation sites is 1. The molecule has 0 aliphatic heterocycles. The van der Waals surface area contributed by atoms with Gasteiger partial charge in [-0.3, -0.25) is 4.99 Å². The van der Waals surface area contributed by atoms with Crippen LogP contribution in [0.5, 0.6) is 11.5 Å². The van der Waals surface area contributed by atoms with Gasteiger partial charge in [-0.15, -0.1) is 24.0 Å². The predicted molar refractivity (Wildman–Crippen MR) is 113 cm³/mol. The van der Waals surface area contributed by atoms with Gasteiger partial charge in [-0.25, -0.2) is 0 Å². The lowest BCUT2D eigenvalue weighted by Crippen LogP contribution is -2.37. The number of aliphatic imine (C=N–C) groups is 1. The van der Waals surface area contributed by atoms with Gasteiger partial charge in [0.15, 0.2) is 5.96 Å². The molecule has 0 saturated carbocycles. The lowest BCUT2D eigenvalue weighted by Gasteiger charge is -2.12. The molecule has 2 aromatic rings. The molecule has 0 aliphatic carbocycles. The number of guanidine groups is 1. The van der Waals surface area contributed by atoms with E-state index in [4.69, 9.17) is 9.47 Å². The Hall–Kier alpha value is -1.80. The largest absolute Gasteiger partial charge is 0.457 e. The first-order valence-electron chi connectivity index (χ1n) is 8.07. The zero-order valence-electron chi connectivity index (χ0n) is 14.7. The van der Waals surface area contributed by atoms with Crippen molar-refractivity contribution in [2.24, 2.45) is 4.99 Å². The van der Waals surface area contributed by atoms with Gasteiger partial charge in [0.05, 0.1) is 0 Å². The van der Waals surface area contributed by atoms with Crippen LogP contribution in [-0.2, 0) is 11.3 Å². The summed E-state index contributed by atoms with van der Waals surface area (Å²) >= 11 is 0. The van der Waals surface area contributed by atoms with Crippen molar-refractivity contribution in [2.75, 3.05) is 27.3 Å². The quantitative estimate of drug-likeness (QED) is 0.275. The van der Waals surface area contributed by atoms with Crippen LogP contribution in [0.1, 0.15) is 12.0 Å². The molecule has 0 unspecified atom stereocenters. The van der Waals surface area contributed by atoms with Gasteiger partial charge in [-0.05, 0) is 36.2 Å². The number of hydrogen-bond acceptors (Lipinski definition) is 3. The van der Waals surface area contributed by atoms with Crippen molar-refractivity contribution in [3.05, 3.63) is 60.2 Å². The molecule has 25 heavy (non-hydrogen) atoms. The Morgan fingerprint density at radius 3 is 2.28 bits per heavy atom. The van der Waals surface area contributed by atoms with Gasteiger partial charge < -0.3 is 20.1 Å². The molecule has 0 heterocycles. The highest BCUT2D eigenvalue weighted by atomic mass is 127. The summed E-state index contributed by atoms with van der Waals surface area (Å²) in [7, 11) is 3.47. The standard InChI is InChI=1S/C19H25N3O2.HI/c1-20-19(21-13-6-14-23-2)22-15-16-9-11-18(12-10-16)24-17-7-4-3-5-8-17;/h3-5,7-12H,6,13-15H2,1-2H3,(H2,20,21,22);1H. The molecule has 0 fully saturated rings. The molecule has 5 nitrogen and oxygen atoms in total. The predicted octanol–water partition coefficient (Wildman–Crippen LogP) is 3.80. The number of nitrogens with one attached hydrogen (secondary N) is 2. The maximum absolute atomic E-state index is 5.79. The molecule has 0 atom stereocenters. The number of ether oxygens (including phenoxy) is 2. The summed E-state index contributed by atoms with van der Waals surface area (Å²) in [6.07, 6.45) is 0.947. The van der Waals surface area contributed by atoms with E-state index < -0.39 is 0 Å². The second-order valence-electron chi connectivity index (χ2n) is 5.26. The second kappa shape index (κ2) is 12.5. The summed E-state index contributed by atoms with van der Waals surface area (Å²) in [5, 5.41) is 6.54. The molecule has 0 aliphatic rings. The third kappa shape index (κ3) is 8.22. The topological polar surface area (TPSA) is 54.9 Å². The fraction of sp³-hybridized carbons (Fsp3) is 0.316. The summed E-state index contributed by atoms with van der Waals surface area (Å²) in [5.41, 5.74) is 1.16. The van der Waals surface area contributed by atoms with E-state index in [0.717, 1.165) is 42.6 Å². The van der Waals surface area contributed by atoms with E-state index in [2.05, 4.69) is 15.6 Å². The van der Waals surface area contributed by atoms with Crippen LogP contribution in [0.2, 0.25) is 0 Å². The van der Waals surface area contributed by atoms with Gasteiger partial charge in [0.25, 0.3) is 0 Å². The molecular formula is C19H26IN3O2. The van der Waals surface area contributed by atoms with E-state index >= 15 is 0 Å². The summed E-state index contributed by atoms with van der Waals surface area (Å²) < 4.78 is 10.8. The van der Waals surface area contributed by atoms with Crippen LogP contribution < -0.4 is 15.4 Å². The Bertz CT molecular complexity index is 618. The highest BCUT2D eigenvalue weighted by Crippen LogP contribution is 2.20. The van der Waals surface area contributed by atoms with Crippen LogP contribution in [0.15, 0.2) is 59.6 Å². The Kier molecular flexibility index (Phi) is 10.7. The van der Waals surface area contributed by atoms with Gasteiger partial charge in [0.1, 0.15) is 11.5 Å². The Balaban J connectivity index is 0.00000312. The van der Waals surface area contributed by atoms with Crippen molar-refractivity contribution >= 4 is 29.9 Å². The third-order valence-corrected chi connectivity index (χ3v) is 3.40. The lowest BCUT2D eigenvalue weighted by atomic mass is 10.2. The van der Waals surface area contributed by atoms with Crippen LogP contribution in [0, 0.1) is 0 Å². The molecule has 0 bridgehead atoms. The normalized spacial score (nSPS) is 10.7. The second-order valence-corrected chi connectivity index (χ2v) is 5.26. The highest BCUT2D eigenvalue weighted by molar-refractivity contribution is 14.0. The number of halogens is 1. The van der Waals surface area contributed by atoms with E-state index in [1.165, 1.54) is 0 Å². The van der Waals surface area contributed by atoms with E-state index in [-0.39, 0.29) is 24.0 Å². The van der Waals surface area contributed by atoms with E-state index in [1.807, 2.05) is 54.6 Å². The van der Waals surface area contributed by atoms with Crippen molar-refractivity contribution in [2.45, 2.75) is 13.0 Å². The smallest absolute Gasteiger partial charge is 0.191 e. The molecule has 2 aromatic carbocycles. The SMILES string of the molecule is CN=C(NCCCOC)NCc1ccc(Oc2ccccc2)cc1.I. The van der Waals surface area contributed by atoms with Crippen LogP contribution in [0.25, 0.3) is 0 Å². The van der Waals surface area contributed by atoms with Crippen molar-refractivity contribution in [1.29, 1.82) is 0 Å². The number of rotatable bonds is 8. The first-order valence-corrected chi connectivity index (χ1v) is 8.07. The first kappa shape index (κ1) is 21.2. The van der Waals surface area contributed by atoms with Crippen LogP contribution in [0.3, 0.4) is 0 Å². The molecule has 2 rings (SSSR count). The maximum atomic E-state index is 5.79. The van der Waals surface area contributed by atoms with E-state index in [9.17, 15) is 0 Å². The van der Waals surface area contributed by atoms with E-state index in [0.29, 0.717) is 6.54 Å². The number of methoxy groups -OCH3 is 1. The van der Waals surface area contributed by atoms with Crippen molar-refractivity contribution < 1.29 is 9.47 Å². The molecule has 136 valence electrons. The fourth-order valence-electron chi connectivity index (χ4n) is 2.13. The fourth-order valence-corrected chi connectivity index (χ4v) is 2.13. The van der Waals surface area contributed by atoms with Crippen LogP contribution in [-0.4, -0.2) is 33.3 Å². The minimum absolute atomic E-state index is 0. The molecule has 2 N–H and O–H groups in total. The molecule has 0 radical (unpaired) electrons. The summed E-state index contributed by atoms with van der Waals surface area (Å²) in [6, 6.07) is 17.8. The Morgan fingerprint density at radius 2 is 1.64 bits per heavy atom. The minimum atomic E-state index is 0. The van der Waals surface area contributed by atoms with Crippen LogP contribution in [0.4, 0.5) is 0 Å². The summed E-state index contributed by atoms with van der Waals surface area (Å²) in [4.78, 5) is 4.20. The van der Waals surface area contributed by atoms with Crippen molar-refractivity contribution in [3.63, 3.8) is 0 Å². The number of hydrogen-bond donors (Lipinski definition) is 2. The van der Waals surface area contributed by atoms with Crippen molar-refractivity contribution in [3.8, 4) is 11.5 Å². The Labute approximate surface area is 166 Å². The molecule has 0 aromatic heterocycles. The van der Waals surface area contributed by atoms with Gasteiger partial charge in [-0.1, -0.05) is 30.3 Å². The number of benzene rings is 2. The average Bonchev–Trinajstić information content (AvgIpc) is 2.63.